The number of benzene rings is 2. The van der Waals surface area contributed by atoms with Gasteiger partial charge in [-0.05, 0) is 54.8 Å². The Morgan fingerprint density at radius 3 is 1.79 bits per heavy atom. The molecular weight excluding hydrogens is 892 g/mol. The average molecular weight is 949 g/mol. The fourth-order valence-corrected chi connectivity index (χ4v) is 7.60. The molecule has 4 aliphatic rings. The molecule has 0 unspecified atom stereocenters. The maximum absolute atomic E-state index is 13.4. The first-order chi connectivity index (χ1) is 31.3. The summed E-state index contributed by atoms with van der Waals surface area (Å²) in [5.74, 6) is -2.90. The lowest BCUT2D eigenvalue weighted by atomic mass is 9.96. The highest BCUT2D eigenvalue weighted by molar-refractivity contribution is 5.87. The molecule has 4 aliphatic heterocycles. The van der Waals surface area contributed by atoms with Crippen LogP contribution in [0, 0.1) is 0 Å². The Bertz CT molecular complexity index is 1920. The summed E-state index contributed by atoms with van der Waals surface area (Å²) < 4.78 is 51.8. The molecule has 25 heteroatoms. The van der Waals surface area contributed by atoms with E-state index in [1.165, 1.54) is 37.3 Å². The van der Waals surface area contributed by atoms with E-state index in [-0.39, 0.29) is 18.6 Å². The van der Waals surface area contributed by atoms with Crippen molar-refractivity contribution in [2.24, 2.45) is 0 Å². The van der Waals surface area contributed by atoms with Gasteiger partial charge in [0.05, 0.1) is 32.5 Å². The minimum absolute atomic E-state index is 0.0379. The second-order valence-corrected chi connectivity index (χ2v) is 16.1. The van der Waals surface area contributed by atoms with Gasteiger partial charge in [-0.25, -0.2) is 4.79 Å². The summed E-state index contributed by atoms with van der Waals surface area (Å²) in [6.45, 7) is -1.38. The zero-order valence-electron chi connectivity index (χ0n) is 35.0. The summed E-state index contributed by atoms with van der Waals surface area (Å²) in [7, 11) is 0. The first-order valence-corrected chi connectivity index (χ1v) is 20.7. The number of phenols is 4. The summed E-state index contributed by atoms with van der Waals surface area (Å²) in [6, 6.07) is 7.59. The molecule has 25 nitrogen and oxygen atoms in total. The van der Waals surface area contributed by atoms with Gasteiger partial charge in [-0.15, -0.1) is 0 Å². The molecule has 4 heterocycles. The molecular formula is C41H56O25. The van der Waals surface area contributed by atoms with Crippen LogP contribution in [0.25, 0.3) is 6.08 Å². The maximum atomic E-state index is 13.4. The average Bonchev–Trinajstić information content (AvgIpc) is 3.29. The second-order valence-electron chi connectivity index (χ2n) is 16.1. The smallest absolute Gasteiger partial charge is 0.331 e. The van der Waals surface area contributed by atoms with Gasteiger partial charge in [-0.3, -0.25) is 0 Å². The van der Waals surface area contributed by atoms with Gasteiger partial charge in [-0.1, -0.05) is 12.1 Å². The van der Waals surface area contributed by atoms with Crippen LogP contribution in [0.2, 0.25) is 0 Å². The molecule has 370 valence electrons. The van der Waals surface area contributed by atoms with Gasteiger partial charge in [0.25, 0.3) is 0 Å². The van der Waals surface area contributed by atoms with Crippen LogP contribution in [0.4, 0.5) is 0 Å². The Morgan fingerprint density at radius 2 is 1.14 bits per heavy atom. The van der Waals surface area contributed by atoms with Crippen molar-refractivity contribution < 1.29 is 124 Å². The molecule has 66 heavy (non-hydrogen) atoms. The van der Waals surface area contributed by atoms with Crippen molar-refractivity contribution in [2.75, 3.05) is 26.4 Å². The monoisotopic (exact) mass is 948 g/mol. The number of hydrogen-bond acceptors (Lipinski definition) is 25. The predicted molar refractivity (Wildman–Crippen MR) is 212 cm³/mol. The lowest BCUT2D eigenvalue weighted by Crippen LogP contribution is -2.66. The van der Waals surface area contributed by atoms with Crippen LogP contribution in [0.5, 0.6) is 23.0 Å². The van der Waals surface area contributed by atoms with Crippen LogP contribution < -0.4 is 0 Å². The summed E-state index contributed by atoms with van der Waals surface area (Å²) in [6.07, 6.45) is -32.7. The van der Waals surface area contributed by atoms with Crippen LogP contribution in [0.3, 0.4) is 0 Å². The first kappa shape index (κ1) is 51.5. The Balaban J connectivity index is 1.24. The van der Waals surface area contributed by atoms with Crippen molar-refractivity contribution >= 4 is 12.0 Å². The van der Waals surface area contributed by atoms with E-state index in [1.807, 2.05) is 0 Å². The van der Waals surface area contributed by atoms with Crippen LogP contribution in [-0.2, 0) is 53.8 Å². The lowest BCUT2D eigenvalue weighted by molar-refractivity contribution is -0.375. The third-order valence-electron chi connectivity index (χ3n) is 11.5. The molecule has 20 atom stereocenters. The van der Waals surface area contributed by atoms with E-state index < -0.39 is 172 Å². The fraction of sp³-hybridized carbons (Fsp3) is 0.634. The Hall–Kier alpha value is -3.91. The second kappa shape index (κ2) is 22.5. The Labute approximate surface area is 374 Å². The summed E-state index contributed by atoms with van der Waals surface area (Å²) >= 11 is 0. The minimum atomic E-state index is -2.01. The third-order valence-corrected chi connectivity index (χ3v) is 11.5. The molecule has 0 aliphatic carbocycles. The lowest BCUT2D eigenvalue weighted by Gasteiger charge is -2.47. The van der Waals surface area contributed by atoms with Gasteiger partial charge in [0.2, 0.25) is 0 Å². The van der Waals surface area contributed by atoms with Crippen molar-refractivity contribution in [3.63, 3.8) is 0 Å². The van der Waals surface area contributed by atoms with Gasteiger partial charge in [0.1, 0.15) is 79.4 Å². The van der Waals surface area contributed by atoms with Crippen LogP contribution in [0.1, 0.15) is 18.1 Å². The number of aliphatic hydroxyl groups excluding tert-OH is 11. The number of phenolic OH excluding ortho intramolecular Hbond substituents is 4. The molecule has 0 radical (unpaired) electrons. The molecule has 15 N–H and O–H groups in total. The highest BCUT2D eigenvalue weighted by Crippen LogP contribution is 2.35. The van der Waals surface area contributed by atoms with Gasteiger partial charge in [0.15, 0.2) is 60.4 Å². The zero-order chi connectivity index (χ0) is 48.1. The number of carbonyl (C=O) groups is 1. The van der Waals surface area contributed by atoms with E-state index in [4.69, 9.17) is 42.6 Å². The molecule has 0 amide bonds. The van der Waals surface area contributed by atoms with Gasteiger partial charge >= 0.3 is 5.97 Å². The highest BCUT2D eigenvalue weighted by Gasteiger charge is 2.54. The molecule has 4 fully saturated rings. The van der Waals surface area contributed by atoms with Crippen molar-refractivity contribution in [1.29, 1.82) is 0 Å². The molecule has 2 aromatic carbocycles. The minimum Gasteiger partial charge on any atom is -0.504 e. The quantitative estimate of drug-likeness (QED) is 0.0424. The summed E-state index contributed by atoms with van der Waals surface area (Å²) in [5, 5.41) is 156. The molecule has 0 spiro atoms. The number of rotatable bonds is 16. The van der Waals surface area contributed by atoms with E-state index in [1.54, 1.807) is 0 Å². The molecule has 6 rings (SSSR count). The molecule has 4 saturated heterocycles. The molecule has 2 aromatic rings. The van der Waals surface area contributed by atoms with Crippen LogP contribution in [-0.4, -0.2) is 232 Å². The van der Waals surface area contributed by atoms with Crippen molar-refractivity contribution in [2.45, 2.75) is 136 Å². The zero-order valence-corrected chi connectivity index (χ0v) is 35.0. The van der Waals surface area contributed by atoms with Crippen molar-refractivity contribution in [3.05, 3.63) is 53.6 Å². The Morgan fingerprint density at radius 1 is 0.561 bits per heavy atom. The number of carbonyl (C=O) groups excluding carboxylic acids is 1. The van der Waals surface area contributed by atoms with Gasteiger partial charge < -0.3 is 119 Å². The number of ether oxygens (including phenoxy) is 9. The fourth-order valence-electron chi connectivity index (χ4n) is 7.60. The van der Waals surface area contributed by atoms with Crippen LogP contribution >= 0.6 is 0 Å². The molecule has 0 aromatic heterocycles. The largest absolute Gasteiger partial charge is 0.504 e. The van der Waals surface area contributed by atoms with E-state index in [2.05, 4.69) is 0 Å². The number of aliphatic hydroxyl groups is 11. The van der Waals surface area contributed by atoms with Crippen molar-refractivity contribution in [3.8, 4) is 23.0 Å². The molecule has 0 bridgehead atoms. The van der Waals surface area contributed by atoms with Gasteiger partial charge in [-0.2, -0.15) is 0 Å². The van der Waals surface area contributed by atoms with Gasteiger partial charge in [0, 0.05) is 6.08 Å². The van der Waals surface area contributed by atoms with E-state index in [0.717, 1.165) is 18.2 Å². The summed E-state index contributed by atoms with van der Waals surface area (Å²) in [4.78, 5) is 13.4. The number of hydrogen-bond donors (Lipinski definition) is 15. The standard InChI is InChI=1S/C41H56O25/c1-15-26(49)29(52)32(55)39(60-15)66-37-36(64-25(48)7-4-16-2-5-18(44)20(46)10-16)28(51)24(63-41(37)58-9-8-17-3-6-19(45)21(47)11-17)14-59-38-34(57)31(54)35(23(13-43)62-38)65-40-33(56)30(53)27(50)22(12-42)61-40/h2-7,10-11,15,22-24,26-47,49-57H,8-9,12-14H2,1H3/t15-,22+,23+,24+,26-,27+,28+,29+,30-,31+,32+,33+,34+,35+,36+,37+,38+,39-,40-,41+/m0/s1. The third kappa shape index (κ3) is 11.7. The maximum Gasteiger partial charge on any atom is 0.331 e. The Kier molecular flexibility index (Phi) is 17.5. The summed E-state index contributed by atoms with van der Waals surface area (Å²) in [5.41, 5.74) is 0.684. The van der Waals surface area contributed by atoms with E-state index in [0.29, 0.717) is 5.56 Å². The van der Waals surface area contributed by atoms with E-state index in [9.17, 15) is 81.4 Å². The molecule has 0 saturated carbocycles. The van der Waals surface area contributed by atoms with Crippen molar-refractivity contribution in [1.82, 2.24) is 0 Å². The SMILES string of the molecule is C[C@@H]1O[C@@H](O[C@H]2[C@H](OCCc3ccc(O)c(O)c3)O[C@H](CO[C@@H]3O[C@H](CO)[C@@H](O[C@@H]4O[C@H](CO)[C@@H](O)[C@H](O)[C@H]4O)[C@H](O)[C@H]3O)[C@@H](O)[C@H]2OC(=O)C=Cc2ccc(O)c(O)c2)[C@H](O)[C@H](O)[C@H]1O. The first-order valence-electron chi connectivity index (χ1n) is 20.7. The normalized spacial score (nSPS) is 39.8. The number of esters is 1. The highest BCUT2D eigenvalue weighted by atomic mass is 16.8. The van der Waals surface area contributed by atoms with E-state index >= 15 is 0 Å². The van der Waals surface area contributed by atoms with Crippen LogP contribution in [0.15, 0.2) is 42.5 Å². The topological polar surface area (TPSA) is 404 Å². The number of aromatic hydroxyl groups is 4. The predicted octanol–water partition coefficient (Wildman–Crippen LogP) is -5.37.